The van der Waals surface area contributed by atoms with Crippen LogP contribution in [0.2, 0.25) is 0 Å². The molecule has 0 saturated carbocycles. The maximum Gasteiger partial charge on any atom is 0.317 e. The number of aliphatic carboxylic acids is 1. The average molecular weight is 336 g/mol. The molecule has 1 fully saturated rings. The first-order chi connectivity index (χ1) is 11.6. The number of carbonyl (C=O) groups excluding carboxylic acids is 1. The highest BCUT2D eigenvalue weighted by Gasteiger charge is 2.27. The van der Waals surface area contributed by atoms with Crippen LogP contribution in [0.1, 0.15) is 19.3 Å². The van der Waals surface area contributed by atoms with Crippen LogP contribution >= 0.6 is 0 Å². The third kappa shape index (κ3) is 5.33. The third-order valence-electron chi connectivity index (χ3n) is 3.98. The van der Waals surface area contributed by atoms with Gasteiger partial charge in [-0.15, -0.1) is 0 Å². The number of ether oxygens (including phenoxy) is 2. The van der Waals surface area contributed by atoms with Crippen LogP contribution < -0.4 is 14.8 Å². The summed E-state index contributed by atoms with van der Waals surface area (Å²) in [7, 11) is 1.61. The molecular formula is C17H24N2O5. The molecule has 1 aromatic rings. The van der Waals surface area contributed by atoms with E-state index in [1.165, 1.54) is 0 Å². The molecule has 0 aromatic heterocycles. The van der Waals surface area contributed by atoms with Crippen molar-refractivity contribution in [3.8, 4) is 11.5 Å². The van der Waals surface area contributed by atoms with Crippen LogP contribution in [0, 0.1) is 5.92 Å². The van der Waals surface area contributed by atoms with Crippen LogP contribution in [0.15, 0.2) is 24.3 Å². The first-order valence-corrected chi connectivity index (χ1v) is 8.12. The predicted molar refractivity (Wildman–Crippen MR) is 88.4 cm³/mol. The number of rotatable bonds is 7. The molecule has 1 unspecified atom stereocenters. The van der Waals surface area contributed by atoms with Gasteiger partial charge in [-0.05, 0) is 43.5 Å². The molecule has 0 bridgehead atoms. The smallest absolute Gasteiger partial charge is 0.317 e. The zero-order valence-electron chi connectivity index (χ0n) is 13.9. The summed E-state index contributed by atoms with van der Waals surface area (Å²) in [6, 6.07) is 7.11. The number of methoxy groups -OCH3 is 1. The van der Waals surface area contributed by atoms with Crippen molar-refractivity contribution in [3.63, 3.8) is 0 Å². The van der Waals surface area contributed by atoms with E-state index in [1.54, 1.807) is 12.0 Å². The van der Waals surface area contributed by atoms with Crippen molar-refractivity contribution >= 4 is 12.0 Å². The molecule has 2 N–H and O–H groups in total. The quantitative estimate of drug-likeness (QED) is 0.743. The van der Waals surface area contributed by atoms with Crippen LogP contribution in [0.3, 0.4) is 0 Å². The van der Waals surface area contributed by atoms with E-state index in [9.17, 15) is 9.59 Å². The summed E-state index contributed by atoms with van der Waals surface area (Å²) in [4.78, 5) is 24.6. The average Bonchev–Trinajstić information content (AvgIpc) is 2.62. The fourth-order valence-electron chi connectivity index (χ4n) is 2.60. The van der Waals surface area contributed by atoms with E-state index in [0.717, 1.165) is 17.9 Å². The van der Waals surface area contributed by atoms with Crippen LogP contribution in [-0.4, -0.2) is 55.4 Å². The third-order valence-corrected chi connectivity index (χ3v) is 3.98. The molecule has 0 radical (unpaired) electrons. The maximum absolute atomic E-state index is 12.0. The molecule has 24 heavy (non-hydrogen) atoms. The van der Waals surface area contributed by atoms with Gasteiger partial charge in [0.2, 0.25) is 0 Å². The Hall–Kier alpha value is -2.44. The number of nitrogens with zero attached hydrogens (tertiary/aromatic N) is 1. The summed E-state index contributed by atoms with van der Waals surface area (Å²) in [6.07, 6.45) is 2.04. The monoisotopic (exact) mass is 336 g/mol. The van der Waals surface area contributed by atoms with Crippen molar-refractivity contribution < 1.29 is 24.2 Å². The Kier molecular flexibility index (Phi) is 6.72. The van der Waals surface area contributed by atoms with Gasteiger partial charge in [-0.25, -0.2) is 4.79 Å². The number of urea groups is 1. The van der Waals surface area contributed by atoms with E-state index in [-0.39, 0.29) is 12.6 Å². The van der Waals surface area contributed by atoms with Gasteiger partial charge >= 0.3 is 12.0 Å². The number of benzene rings is 1. The zero-order valence-corrected chi connectivity index (χ0v) is 13.9. The van der Waals surface area contributed by atoms with Crippen molar-refractivity contribution in [1.82, 2.24) is 10.2 Å². The molecule has 1 aliphatic heterocycles. The Bertz CT molecular complexity index is 546. The van der Waals surface area contributed by atoms with Crippen molar-refractivity contribution in [2.75, 3.05) is 33.4 Å². The molecule has 1 heterocycles. The molecule has 2 rings (SSSR count). The lowest BCUT2D eigenvalue weighted by atomic mass is 9.99. The Morgan fingerprint density at radius 2 is 2.00 bits per heavy atom. The maximum atomic E-state index is 12.0. The van der Waals surface area contributed by atoms with Crippen molar-refractivity contribution in [2.24, 2.45) is 5.92 Å². The highest BCUT2D eigenvalue weighted by molar-refractivity contribution is 5.76. The molecule has 2 amide bonds. The van der Waals surface area contributed by atoms with Crippen LogP contribution in [0.5, 0.6) is 11.5 Å². The Labute approximate surface area is 141 Å². The molecule has 7 nitrogen and oxygen atoms in total. The zero-order chi connectivity index (χ0) is 17.4. The van der Waals surface area contributed by atoms with E-state index in [0.29, 0.717) is 32.5 Å². The SMILES string of the molecule is COc1ccc(OCCCNC(=O)N2CCCC(C(=O)O)C2)cc1. The lowest BCUT2D eigenvalue weighted by Gasteiger charge is -2.30. The summed E-state index contributed by atoms with van der Waals surface area (Å²) in [5.74, 6) is 0.238. The van der Waals surface area contributed by atoms with Crippen LogP contribution in [-0.2, 0) is 4.79 Å². The molecule has 1 saturated heterocycles. The second-order valence-corrected chi connectivity index (χ2v) is 5.73. The van der Waals surface area contributed by atoms with Crippen molar-refractivity contribution in [1.29, 1.82) is 0 Å². The summed E-state index contributed by atoms with van der Waals surface area (Å²) >= 11 is 0. The lowest BCUT2D eigenvalue weighted by Crippen LogP contribution is -2.47. The summed E-state index contributed by atoms with van der Waals surface area (Å²) in [6.45, 7) is 1.87. The standard InChI is InChI=1S/C17H24N2O5/c1-23-14-5-7-15(8-6-14)24-11-3-9-18-17(22)19-10-2-4-13(12-19)16(20)21/h5-8,13H,2-4,9-12H2,1H3,(H,18,22)(H,20,21). The number of carboxylic acids is 1. The second-order valence-electron chi connectivity index (χ2n) is 5.73. The normalized spacial score (nSPS) is 17.2. The Morgan fingerprint density at radius 1 is 1.29 bits per heavy atom. The van der Waals surface area contributed by atoms with Gasteiger partial charge in [-0.1, -0.05) is 0 Å². The number of carbonyl (C=O) groups is 2. The molecule has 7 heteroatoms. The first-order valence-electron chi connectivity index (χ1n) is 8.12. The number of likely N-dealkylation sites (tertiary alicyclic amines) is 1. The van der Waals surface area contributed by atoms with Gasteiger partial charge in [-0.2, -0.15) is 0 Å². The molecule has 132 valence electrons. The largest absolute Gasteiger partial charge is 0.497 e. The number of piperidine rings is 1. The van der Waals surface area contributed by atoms with E-state index in [1.807, 2.05) is 24.3 Å². The molecule has 0 aliphatic carbocycles. The number of nitrogens with one attached hydrogen (secondary N) is 1. The summed E-state index contributed by atoms with van der Waals surface area (Å²) in [5, 5.41) is 11.9. The number of carboxylic acid groups (broad SMARTS) is 1. The number of hydrogen-bond donors (Lipinski definition) is 2. The van der Waals surface area contributed by atoms with E-state index >= 15 is 0 Å². The van der Waals surface area contributed by atoms with Gasteiger partial charge in [0, 0.05) is 19.6 Å². The van der Waals surface area contributed by atoms with E-state index < -0.39 is 11.9 Å². The molecule has 1 aromatic carbocycles. The predicted octanol–water partition coefficient (Wildman–Crippen LogP) is 1.97. The van der Waals surface area contributed by atoms with Crippen molar-refractivity contribution in [3.05, 3.63) is 24.3 Å². The molecule has 1 atom stereocenters. The molecule has 0 spiro atoms. The van der Waals surface area contributed by atoms with E-state index in [4.69, 9.17) is 14.6 Å². The van der Waals surface area contributed by atoms with Gasteiger partial charge < -0.3 is 24.8 Å². The highest BCUT2D eigenvalue weighted by atomic mass is 16.5. The molecule has 1 aliphatic rings. The molecular weight excluding hydrogens is 312 g/mol. The van der Waals surface area contributed by atoms with Gasteiger partial charge in [0.05, 0.1) is 19.6 Å². The summed E-state index contributed by atoms with van der Waals surface area (Å²) in [5.41, 5.74) is 0. The fourth-order valence-corrected chi connectivity index (χ4v) is 2.60. The Balaban J connectivity index is 1.62. The minimum Gasteiger partial charge on any atom is -0.497 e. The van der Waals surface area contributed by atoms with Gasteiger partial charge in [-0.3, -0.25) is 4.79 Å². The van der Waals surface area contributed by atoms with Crippen molar-refractivity contribution in [2.45, 2.75) is 19.3 Å². The van der Waals surface area contributed by atoms with Gasteiger partial charge in [0.25, 0.3) is 0 Å². The second kappa shape index (κ2) is 9.00. The number of amides is 2. The highest BCUT2D eigenvalue weighted by Crippen LogP contribution is 2.17. The number of hydrogen-bond acceptors (Lipinski definition) is 4. The van der Waals surface area contributed by atoms with Gasteiger partial charge in [0.1, 0.15) is 11.5 Å². The fraction of sp³-hybridized carbons (Fsp3) is 0.529. The minimum absolute atomic E-state index is 0.203. The topological polar surface area (TPSA) is 88.1 Å². The lowest BCUT2D eigenvalue weighted by molar-refractivity contribution is -0.143. The van der Waals surface area contributed by atoms with Crippen LogP contribution in [0.4, 0.5) is 4.79 Å². The van der Waals surface area contributed by atoms with E-state index in [2.05, 4.69) is 5.32 Å². The van der Waals surface area contributed by atoms with Gasteiger partial charge in [0.15, 0.2) is 0 Å². The summed E-state index contributed by atoms with van der Waals surface area (Å²) < 4.78 is 10.7. The van der Waals surface area contributed by atoms with Crippen LogP contribution in [0.25, 0.3) is 0 Å². The Morgan fingerprint density at radius 3 is 2.67 bits per heavy atom. The first kappa shape index (κ1) is 17.9. The minimum atomic E-state index is -0.833.